The number of hydrogen-bond donors (Lipinski definition) is 2. The Morgan fingerprint density at radius 2 is 2.23 bits per heavy atom. The highest BCUT2D eigenvalue weighted by Crippen LogP contribution is 2.33. The summed E-state index contributed by atoms with van der Waals surface area (Å²) in [5.74, 6) is -0.465. The fraction of sp³-hybridized carbons (Fsp3) is 0.368. The van der Waals surface area contributed by atoms with Gasteiger partial charge in [0.15, 0.2) is 5.13 Å². The summed E-state index contributed by atoms with van der Waals surface area (Å²) < 4.78 is 2.78. The molecule has 4 rings (SSSR count). The highest BCUT2D eigenvalue weighted by molar-refractivity contribution is 7.22. The van der Waals surface area contributed by atoms with E-state index in [0.717, 1.165) is 22.2 Å². The summed E-state index contributed by atoms with van der Waals surface area (Å²) in [7, 11) is 0. The van der Waals surface area contributed by atoms with Crippen molar-refractivity contribution in [1.29, 1.82) is 0 Å². The van der Waals surface area contributed by atoms with Crippen LogP contribution in [0, 0.1) is 12.8 Å². The number of hydrogen-bond acceptors (Lipinski definition) is 7. The summed E-state index contributed by atoms with van der Waals surface area (Å²) in [5.41, 5.74) is 2.04. The second kappa shape index (κ2) is 9.92. The van der Waals surface area contributed by atoms with Crippen molar-refractivity contribution in [3.63, 3.8) is 0 Å². The number of carbonyl (C=O) groups excluding carboxylic acids is 2. The molecule has 1 unspecified atom stereocenters. The molecule has 1 fully saturated rings. The molecule has 3 heterocycles. The third-order valence-corrected chi connectivity index (χ3v) is 5.64. The van der Waals surface area contributed by atoms with Crippen LogP contribution in [-0.4, -0.2) is 56.5 Å². The molecule has 11 heteroatoms. The van der Waals surface area contributed by atoms with E-state index in [0.29, 0.717) is 24.8 Å². The van der Waals surface area contributed by atoms with E-state index in [-0.39, 0.29) is 30.6 Å². The summed E-state index contributed by atoms with van der Waals surface area (Å²) in [6.45, 7) is 3.40. The average molecular weight is 430 g/mol. The van der Waals surface area contributed by atoms with Gasteiger partial charge in [-0.05, 0) is 31.0 Å². The van der Waals surface area contributed by atoms with E-state index in [1.54, 1.807) is 22.0 Å². The van der Waals surface area contributed by atoms with Crippen molar-refractivity contribution in [3.05, 3.63) is 36.2 Å². The third kappa shape index (κ3) is 5.17. The summed E-state index contributed by atoms with van der Waals surface area (Å²) in [5, 5.41) is 18.1. The topological polar surface area (TPSA) is 130 Å². The largest absolute Gasteiger partial charge is 0.483 e. The standard InChI is InChI=1S/C18H20N6O2S.CH2O2/c1-12-3-4-14-15(9-12)27-18(21-14)24-11-13(10-16(24)25)17(26)19-5-2-7-23-8-6-20-22-23;2-1-3/h3-4,6,8-9,13H,2,5,7,10-11H2,1H3,(H,19,26);1H,(H,2,3). The Labute approximate surface area is 176 Å². The molecule has 3 aromatic rings. The molecule has 0 spiro atoms. The van der Waals surface area contributed by atoms with Crippen LogP contribution in [0.5, 0.6) is 0 Å². The van der Waals surface area contributed by atoms with Gasteiger partial charge in [-0.25, -0.2) is 4.98 Å². The van der Waals surface area contributed by atoms with Gasteiger partial charge in [0, 0.05) is 32.3 Å². The van der Waals surface area contributed by atoms with Gasteiger partial charge >= 0.3 is 0 Å². The van der Waals surface area contributed by atoms with Gasteiger partial charge in [-0.3, -0.25) is 24.0 Å². The van der Waals surface area contributed by atoms with Gasteiger partial charge in [-0.15, -0.1) is 5.10 Å². The van der Waals surface area contributed by atoms with Crippen molar-refractivity contribution in [3.8, 4) is 0 Å². The maximum Gasteiger partial charge on any atom is 0.290 e. The van der Waals surface area contributed by atoms with Crippen molar-refractivity contribution in [2.45, 2.75) is 26.3 Å². The molecule has 1 aromatic carbocycles. The second-order valence-corrected chi connectivity index (χ2v) is 7.80. The Bertz CT molecular complexity index is 1020. The van der Waals surface area contributed by atoms with E-state index in [1.807, 2.05) is 19.1 Å². The Balaban J connectivity index is 0.000000806. The SMILES string of the molecule is Cc1ccc2nc(N3CC(C(=O)NCCCn4ccnn4)CC3=O)sc2c1.O=CO. The molecular formula is C19H22N6O4S. The van der Waals surface area contributed by atoms with Crippen LogP contribution in [0.3, 0.4) is 0 Å². The number of thiazole rings is 1. The molecule has 2 amide bonds. The summed E-state index contributed by atoms with van der Waals surface area (Å²) >= 11 is 1.49. The first-order chi connectivity index (χ1) is 14.5. The quantitative estimate of drug-likeness (QED) is 0.447. The molecule has 1 atom stereocenters. The van der Waals surface area contributed by atoms with Gasteiger partial charge in [-0.1, -0.05) is 22.6 Å². The normalized spacial score (nSPS) is 15.7. The second-order valence-electron chi connectivity index (χ2n) is 6.79. The number of nitrogens with zero attached hydrogens (tertiary/aromatic N) is 5. The van der Waals surface area contributed by atoms with Crippen LogP contribution < -0.4 is 10.2 Å². The van der Waals surface area contributed by atoms with Gasteiger partial charge in [-0.2, -0.15) is 0 Å². The van der Waals surface area contributed by atoms with E-state index >= 15 is 0 Å². The molecule has 1 aliphatic heterocycles. The lowest BCUT2D eigenvalue weighted by Crippen LogP contribution is -2.33. The lowest BCUT2D eigenvalue weighted by Gasteiger charge is -2.13. The summed E-state index contributed by atoms with van der Waals surface area (Å²) in [4.78, 5) is 39.4. The maximum absolute atomic E-state index is 12.4. The maximum atomic E-state index is 12.4. The Kier molecular flexibility index (Phi) is 7.07. The number of fused-ring (bicyclic) bond motifs is 1. The van der Waals surface area contributed by atoms with Gasteiger partial charge in [0.2, 0.25) is 11.8 Å². The molecule has 1 aliphatic rings. The van der Waals surface area contributed by atoms with Gasteiger partial charge < -0.3 is 10.4 Å². The van der Waals surface area contributed by atoms with E-state index in [4.69, 9.17) is 9.90 Å². The minimum absolute atomic E-state index is 0.0476. The van der Waals surface area contributed by atoms with Gasteiger partial charge in [0.1, 0.15) is 0 Å². The smallest absolute Gasteiger partial charge is 0.290 e. The molecule has 2 aromatic heterocycles. The van der Waals surface area contributed by atoms with Crippen molar-refractivity contribution >= 4 is 45.0 Å². The molecule has 0 bridgehead atoms. The minimum Gasteiger partial charge on any atom is -0.483 e. The summed E-state index contributed by atoms with van der Waals surface area (Å²) in [6, 6.07) is 6.04. The molecule has 30 heavy (non-hydrogen) atoms. The number of amides is 2. The highest BCUT2D eigenvalue weighted by atomic mass is 32.1. The predicted octanol–water partition coefficient (Wildman–Crippen LogP) is 1.46. The molecule has 10 nitrogen and oxygen atoms in total. The van der Waals surface area contributed by atoms with Gasteiger partial charge in [0.25, 0.3) is 6.47 Å². The minimum atomic E-state index is -0.336. The average Bonchev–Trinajstić information content (AvgIpc) is 3.44. The fourth-order valence-electron chi connectivity index (χ4n) is 3.15. The van der Waals surface area contributed by atoms with E-state index in [2.05, 4.69) is 26.7 Å². The van der Waals surface area contributed by atoms with E-state index in [9.17, 15) is 9.59 Å². The van der Waals surface area contributed by atoms with E-state index in [1.165, 1.54) is 11.3 Å². The lowest BCUT2D eigenvalue weighted by molar-refractivity contribution is -0.126. The highest BCUT2D eigenvalue weighted by Gasteiger charge is 2.36. The Morgan fingerprint density at radius 1 is 1.43 bits per heavy atom. The van der Waals surface area contributed by atoms with E-state index < -0.39 is 0 Å². The number of benzene rings is 1. The first-order valence-corrected chi connectivity index (χ1v) is 10.2. The van der Waals surface area contributed by atoms with Crippen molar-refractivity contribution < 1.29 is 19.5 Å². The number of anilines is 1. The number of nitrogens with one attached hydrogen (secondary N) is 1. The zero-order valence-electron chi connectivity index (χ0n) is 16.4. The molecule has 1 saturated heterocycles. The molecule has 0 radical (unpaired) electrons. The van der Waals surface area contributed by atoms with Crippen LogP contribution in [0.15, 0.2) is 30.6 Å². The first-order valence-electron chi connectivity index (χ1n) is 9.39. The van der Waals surface area contributed by atoms with Crippen LogP contribution in [0.1, 0.15) is 18.4 Å². The molecule has 0 aliphatic carbocycles. The molecule has 158 valence electrons. The monoisotopic (exact) mass is 430 g/mol. The van der Waals surface area contributed by atoms with Crippen LogP contribution in [0.4, 0.5) is 5.13 Å². The summed E-state index contributed by atoms with van der Waals surface area (Å²) in [6.07, 6.45) is 4.40. The molecule has 2 N–H and O–H groups in total. The number of carboxylic acid groups (broad SMARTS) is 1. The van der Waals surface area contributed by atoms with Crippen LogP contribution in [-0.2, 0) is 20.9 Å². The van der Waals surface area contributed by atoms with Crippen LogP contribution in [0.25, 0.3) is 10.2 Å². The number of rotatable bonds is 6. The van der Waals surface area contributed by atoms with Crippen molar-refractivity contribution in [2.75, 3.05) is 18.0 Å². The van der Waals surface area contributed by atoms with Crippen LogP contribution >= 0.6 is 11.3 Å². The van der Waals surface area contributed by atoms with Crippen molar-refractivity contribution in [2.24, 2.45) is 5.92 Å². The Hall–Kier alpha value is -3.34. The molecular weight excluding hydrogens is 408 g/mol. The predicted molar refractivity (Wildman–Crippen MR) is 111 cm³/mol. The zero-order chi connectivity index (χ0) is 21.5. The Morgan fingerprint density at radius 3 is 2.97 bits per heavy atom. The lowest BCUT2D eigenvalue weighted by atomic mass is 10.1. The first kappa shape index (κ1) is 21.4. The van der Waals surface area contributed by atoms with Crippen LogP contribution in [0.2, 0.25) is 0 Å². The fourth-order valence-corrected chi connectivity index (χ4v) is 4.24. The number of carbonyl (C=O) groups is 3. The number of aryl methyl sites for hydroxylation is 2. The zero-order valence-corrected chi connectivity index (χ0v) is 17.2. The molecule has 0 saturated carbocycles. The van der Waals surface area contributed by atoms with Gasteiger partial charge in [0.05, 0.1) is 22.3 Å². The number of aromatic nitrogens is 4. The third-order valence-electron chi connectivity index (χ3n) is 4.59. The van der Waals surface area contributed by atoms with Crippen molar-refractivity contribution in [1.82, 2.24) is 25.3 Å².